The Hall–Kier alpha value is -0.0400. The number of ether oxygens (including phenoxy) is 1. The van der Waals surface area contributed by atoms with Gasteiger partial charge in [-0.05, 0) is 30.1 Å². The number of rotatable bonds is 4. The molecule has 1 fully saturated rings. The summed E-state index contributed by atoms with van der Waals surface area (Å²) in [6.45, 7) is 9.35. The lowest BCUT2D eigenvalue weighted by Gasteiger charge is -2.48. The molecule has 1 heteroatoms. The van der Waals surface area contributed by atoms with E-state index in [9.17, 15) is 0 Å². The molecule has 1 rings (SSSR count). The van der Waals surface area contributed by atoms with Gasteiger partial charge in [-0.15, -0.1) is 0 Å². The first kappa shape index (κ1) is 13.0. The van der Waals surface area contributed by atoms with Crippen molar-refractivity contribution >= 4 is 0 Å². The van der Waals surface area contributed by atoms with Gasteiger partial charge in [0, 0.05) is 7.11 Å². The highest BCUT2D eigenvalue weighted by Crippen LogP contribution is 2.48. The van der Waals surface area contributed by atoms with E-state index < -0.39 is 0 Å². The number of hydrogen-bond acceptors (Lipinski definition) is 1. The maximum atomic E-state index is 5.82. The second-order valence-corrected chi connectivity index (χ2v) is 5.85. The van der Waals surface area contributed by atoms with Gasteiger partial charge in [0.2, 0.25) is 0 Å². The summed E-state index contributed by atoms with van der Waals surface area (Å²) < 4.78 is 5.82. The van der Waals surface area contributed by atoms with Crippen LogP contribution in [0.3, 0.4) is 0 Å². The zero-order valence-corrected chi connectivity index (χ0v) is 11.2. The second kappa shape index (κ2) is 5.34. The highest BCUT2D eigenvalue weighted by atomic mass is 16.5. The molecule has 1 aliphatic carbocycles. The van der Waals surface area contributed by atoms with Crippen LogP contribution in [0.25, 0.3) is 0 Å². The summed E-state index contributed by atoms with van der Waals surface area (Å²) in [7, 11) is 1.89. The van der Waals surface area contributed by atoms with Crippen molar-refractivity contribution in [1.29, 1.82) is 0 Å². The lowest BCUT2D eigenvalue weighted by atomic mass is 9.61. The Morgan fingerprint density at radius 1 is 0.933 bits per heavy atom. The lowest BCUT2D eigenvalue weighted by molar-refractivity contribution is -0.0872. The van der Waals surface area contributed by atoms with Crippen LogP contribution in [0.4, 0.5) is 0 Å². The first-order valence-electron chi connectivity index (χ1n) is 6.57. The maximum absolute atomic E-state index is 5.82. The quantitative estimate of drug-likeness (QED) is 0.676. The van der Waals surface area contributed by atoms with Gasteiger partial charge >= 0.3 is 0 Å². The lowest BCUT2D eigenvalue weighted by Crippen LogP contribution is -2.45. The van der Waals surface area contributed by atoms with E-state index in [0.29, 0.717) is 17.4 Å². The van der Waals surface area contributed by atoms with Crippen molar-refractivity contribution in [1.82, 2.24) is 0 Å². The largest absolute Gasteiger partial charge is 0.381 e. The molecule has 1 unspecified atom stereocenters. The molecule has 0 aromatic heterocycles. The van der Waals surface area contributed by atoms with Crippen LogP contribution < -0.4 is 0 Å². The molecule has 90 valence electrons. The summed E-state index contributed by atoms with van der Waals surface area (Å²) in [5.41, 5.74) is 0.446. The summed E-state index contributed by atoms with van der Waals surface area (Å²) in [4.78, 5) is 0. The standard InChI is InChI=1S/C14H28O/c1-11(2)13(15-5)14(12(3)4)9-7-6-8-10-14/h11-13H,6-10H2,1-5H3. The fourth-order valence-electron chi connectivity index (χ4n) is 3.57. The van der Waals surface area contributed by atoms with E-state index in [0.717, 1.165) is 5.92 Å². The highest BCUT2D eigenvalue weighted by Gasteiger charge is 2.43. The average molecular weight is 212 g/mol. The molecule has 1 saturated carbocycles. The van der Waals surface area contributed by atoms with Gasteiger partial charge in [0.15, 0.2) is 0 Å². The molecule has 0 aliphatic heterocycles. The van der Waals surface area contributed by atoms with Crippen LogP contribution in [0.2, 0.25) is 0 Å². The minimum absolute atomic E-state index is 0.442. The van der Waals surface area contributed by atoms with E-state index in [4.69, 9.17) is 4.74 Å². The van der Waals surface area contributed by atoms with Gasteiger partial charge in [0.05, 0.1) is 6.10 Å². The van der Waals surface area contributed by atoms with Gasteiger partial charge < -0.3 is 4.74 Å². The predicted molar refractivity (Wildman–Crippen MR) is 66.0 cm³/mol. The van der Waals surface area contributed by atoms with Crippen LogP contribution in [0.5, 0.6) is 0 Å². The van der Waals surface area contributed by atoms with Crippen LogP contribution in [-0.2, 0) is 4.74 Å². The molecule has 1 atom stereocenters. The molecule has 0 spiro atoms. The number of methoxy groups -OCH3 is 1. The summed E-state index contributed by atoms with van der Waals surface area (Å²) >= 11 is 0. The Morgan fingerprint density at radius 3 is 1.80 bits per heavy atom. The Balaban J connectivity index is 2.87. The minimum atomic E-state index is 0.442. The molecule has 0 heterocycles. The molecular weight excluding hydrogens is 184 g/mol. The fourth-order valence-corrected chi connectivity index (χ4v) is 3.57. The fraction of sp³-hybridized carbons (Fsp3) is 1.00. The molecule has 0 amide bonds. The molecule has 0 radical (unpaired) electrons. The van der Waals surface area contributed by atoms with E-state index in [-0.39, 0.29) is 0 Å². The maximum Gasteiger partial charge on any atom is 0.0652 e. The van der Waals surface area contributed by atoms with E-state index in [1.165, 1.54) is 32.1 Å². The SMILES string of the molecule is COC(C(C)C)C1(C(C)C)CCCCC1. The highest BCUT2D eigenvalue weighted by molar-refractivity contribution is 4.93. The van der Waals surface area contributed by atoms with Gasteiger partial charge in [-0.25, -0.2) is 0 Å². The minimum Gasteiger partial charge on any atom is -0.381 e. The van der Waals surface area contributed by atoms with Gasteiger partial charge in [-0.1, -0.05) is 47.0 Å². The first-order chi connectivity index (χ1) is 7.04. The van der Waals surface area contributed by atoms with Crippen LogP contribution in [0.1, 0.15) is 59.8 Å². The summed E-state index contributed by atoms with van der Waals surface area (Å²) in [5, 5.41) is 0. The van der Waals surface area contributed by atoms with Crippen molar-refractivity contribution in [3.05, 3.63) is 0 Å². The van der Waals surface area contributed by atoms with E-state index >= 15 is 0 Å². The summed E-state index contributed by atoms with van der Waals surface area (Å²) in [6, 6.07) is 0. The van der Waals surface area contributed by atoms with E-state index in [2.05, 4.69) is 27.7 Å². The third kappa shape index (κ3) is 2.55. The molecule has 0 N–H and O–H groups in total. The second-order valence-electron chi connectivity index (χ2n) is 5.85. The van der Waals surface area contributed by atoms with Crippen molar-refractivity contribution in [3.63, 3.8) is 0 Å². The Labute approximate surface area is 95.6 Å². The monoisotopic (exact) mass is 212 g/mol. The Kier molecular flexibility index (Phi) is 4.64. The molecule has 0 saturated heterocycles. The third-order valence-electron chi connectivity index (χ3n) is 4.36. The number of hydrogen-bond donors (Lipinski definition) is 0. The molecule has 0 bridgehead atoms. The molecular formula is C14H28O. The van der Waals surface area contributed by atoms with Gasteiger partial charge in [-0.3, -0.25) is 0 Å². The van der Waals surface area contributed by atoms with Crippen molar-refractivity contribution in [3.8, 4) is 0 Å². The van der Waals surface area contributed by atoms with Crippen LogP contribution in [-0.4, -0.2) is 13.2 Å². The van der Waals surface area contributed by atoms with Gasteiger partial charge in [-0.2, -0.15) is 0 Å². The topological polar surface area (TPSA) is 9.23 Å². The molecule has 0 aromatic rings. The zero-order valence-electron chi connectivity index (χ0n) is 11.2. The van der Waals surface area contributed by atoms with Crippen molar-refractivity contribution < 1.29 is 4.74 Å². The summed E-state index contributed by atoms with van der Waals surface area (Å²) in [6.07, 6.45) is 7.37. The van der Waals surface area contributed by atoms with Crippen LogP contribution >= 0.6 is 0 Å². The molecule has 15 heavy (non-hydrogen) atoms. The average Bonchev–Trinajstić information content (AvgIpc) is 2.19. The predicted octanol–water partition coefficient (Wildman–Crippen LogP) is 4.26. The van der Waals surface area contributed by atoms with Crippen molar-refractivity contribution in [2.45, 2.75) is 65.9 Å². The first-order valence-corrected chi connectivity index (χ1v) is 6.57. The van der Waals surface area contributed by atoms with Crippen molar-refractivity contribution in [2.75, 3.05) is 7.11 Å². The Bertz CT molecular complexity index is 178. The smallest absolute Gasteiger partial charge is 0.0652 e. The molecule has 1 nitrogen and oxygen atoms in total. The van der Waals surface area contributed by atoms with E-state index in [1.54, 1.807) is 0 Å². The zero-order chi connectivity index (χ0) is 11.5. The van der Waals surface area contributed by atoms with Gasteiger partial charge in [0.1, 0.15) is 0 Å². The third-order valence-corrected chi connectivity index (χ3v) is 4.36. The molecule has 0 aromatic carbocycles. The molecule has 1 aliphatic rings. The van der Waals surface area contributed by atoms with Crippen LogP contribution in [0.15, 0.2) is 0 Å². The van der Waals surface area contributed by atoms with E-state index in [1.807, 2.05) is 7.11 Å². The summed E-state index contributed by atoms with van der Waals surface area (Å²) in [5.74, 6) is 1.38. The Morgan fingerprint density at radius 2 is 1.47 bits per heavy atom. The normalized spacial score (nSPS) is 23.4. The van der Waals surface area contributed by atoms with Gasteiger partial charge in [0.25, 0.3) is 0 Å². The van der Waals surface area contributed by atoms with Crippen LogP contribution in [0, 0.1) is 17.3 Å². The van der Waals surface area contributed by atoms with Crippen molar-refractivity contribution in [2.24, 2.45) is 17.3 Å².